The van der Waals surface area contributed by atoms with E-state index in [9.17, 15) is 4.79 Å². The van der Waals surface area contributed by atoms with Gasteiger partial charge in [0.05, 0.1) is 0 Å². The minimum atomic E-state index is -0.420. The number of likely N-dealkylation sites (tertiary alicyclic amines) is 2. The summed E-state index contributed by atoms with van der Waals surface area (Å²) in [6, 6.07) is 11.7. The molecule has 1 aromatic rings. The fourth-order valence-corrected chi connectivity index (χ4v) is 3.94. The van der Waals surface area contributed by atoms with E-state index in [4.69, 9.17) is 4.74 Å². The number of nitrogens with zero attached hydrogens (tertiary/aromatic N) is 2. The van der Waals surface area contributed by atoms with Crippen molar-refractivity contribution in [2.75, 3.05) is 19.6 Å². The molecule has 0 N–H and O–H groups in total. The maximum atomic E-state index is 12.3. The Hall–Kier alpha value is -1.55. The van der Waals surface area contributed by atoms with Crippen LogP contribution in [0.2, 0.25) is 0 Å². The van der Waals surface area contributed by atoms with Gasteiger partial charge in [0.25, 0.3) is 0 Å². The van der Waals surface area contributed by atoms with Crippen LogP contribution >= 0.6 is 0 Å². The Morgan fingerprint density at radius 2 is 1.83 bits per heavy atom. The maximum absolute atomic E-state index is 12.3. The zero-order chi connectivity index (χ0) is 17.3. The van der Waals surface area contributed by atoms with E-state index in [2.05, 4.69) is 42.2 Å². The lowest BCUT2D eigenvalue weighted by Gasteiger charge is -2.51. The molecule has 4 heteroatoms. The number of amides is 1. The predicted molar refractivity (Wildman–Crippen MR) is 95.9 cm³/mol. The highest BCUT2D eigenvalue weighted by atomic mass is 16.6. The SMILES string of the molecule is CC(c1ccccc1)N1CC2CCN(C(=O)OC(C)(C)C)CCC21. The third-order valence-electron chi connectivity index (χ3n) is 5.31. The molecular formula is C20H30N2O2. The van der Waals surface area contributed by atoms with Crippen molar-refractivity contribution in [2.45, 2.75) is 58.2 Å². The molecule has 0 bridgehead atoms. The minimum Gasteiger partial charge on any atom is -0.444 e. The van der Waals surface area contributed by atoms with Gasteiger partial charge in [0.1, 0.15) is 5.60 Å². The molecule has 132 valence electrons. The molecule has 0 aliphatic carbocycles. The van der Waals surface area contributed by atoms with Crippen LogP contribution in [0.25, 0.3) is 0 Å². The first-order valence-corrected chi connectivity index (χ1v) is 9.14. The third-order valence-corrected chi connectivity index (χ3v) is 5.31. The van der Waals surface area contributed by atoms with Crippen molar-refractivity contribution in [1.29, 1.82) is 0 Å². The topological polar surface area (TPSA) is 32.8 Å². The van der Waals surface area contributed by atoms with E-state index in [-0.39, 0.29) is 6.09 Å². The smallest absolute Gasteiger partial charge is 0.410 e. The van der Waals surface area contributed by atoms with Gasteiger partial charge in [-0.25, -0.2) is 4.79 Å². The summed E-state index contributed by atoms with van der Waals surface area (Å²) in [5, 5.41) is 0. The monoisotopic (exact) mass is 330 g/mol. The highest BCUT2D eigenvalue weighted by molar-refractivity contribution is 5.68. The lowest BCUT2D eigenvalue weighted by molar-refractivity contribution is -0.0196. The summed E-state index contributed by atoms with van der Waals surface area (Å²) in [5.74, 6) is 0.712. The van der Waals surface area contributed by atoms with Crippen molar-refractivity contribution in [2.24, 2.45) is 5.92 Å². The lowest BCUT2D eigenvalue weighted by atomic mass is 9.82. The van der Waals surface area contributed by atoms with Gasteiger partial charge in [0, 0.05) is 31.7 Å². The van der Waals surface area contributed by atoms with E-state index in [0.29, 0.717) is 18.0 Å². The first-order chi connectivity index (χ1) is 11.3. The summed E-state index contributed by atoms with van der Waals surface area (Å²) in [7, 11) is 0. The molecule has 1 aromatic carbocycles. The number of fused-ring (bicyclic) bond motifs is 1. The van der Waals surface area contributed by atoms with Crippen LogP contribution in [0.4, 0.5) is 4.79 Å². The summed E-state index contributed by atoms with van der Waals surface area (Å²) in [4.78, 5) is 16.8. The average Bonchev–Trinajstić information content (AvgIpc) is 2.66. The molecule has 3 atom stereocenters. The zero-order valence-electron chi connectivity index (χ0n) is 15.4. The Kier molecular flexibility index (Phi) is 4.86. The van der Waals surface area contributed by atoms with Gasteiger partial charge in [-0.3, -0.25) is 4.90 Å². The Morgan fingerprint density at radius 3 is 2.50 bits per heavy atom. The summed E-state index contributed by atoms with van der Waals surface area (Å²) >= 11 is 0. The molecule has 0 aromatic heterocycles. The van der Waals surface area contributed by atoms with Crippen molar-refractivity contribution in [1.82, 2.24) is 9.80 Å². The highest BCUT2D eigenvalue weighted by Gasteiger charge is 2.43. The van der Waals surface area contributed by atoms with Crippen LogP contribution in [-0.2, 0) is 4.74 Å². The van der Waals surface area contributed by atoms with Gasteiger partial charge in [0.2, 0.25) is 0 Å². The Labute approximate surface area is 145 Å². The minimum absolute atomic E-state index is 0.161. The molecule has 0 radical (unpaired) electrons. The molecule has 3 rings (SSSR count). The Bertz CT molecular complexity index is 567. The molecule has 2 aliphatic heterocycles. The predicted octanol–water partition coefficient (Wildman–Crippen LogP) is 4.08. The van der Waals surface area contributed by atoms with Crippen molar-refractivity contribution in [3.8, 4) is 0 Å². The molecule has 1 amide bonds. The van der Waals surface area contributed by atoms with Gasteiger partial charge in [-0.05, 0) is 52.0 Å². The quantitative estimate of drug-likeness (QED) is 0.819. The molecule has 4 nitrogen and oxygen atoms in total. The van der Waals surface area contributed by atoms with Gasteiger partial charge in [-0.1, -0.05) is 30.3 Å². The molecule has 24 heavy (non-hydrogen) atoms. The normalized spacial score (nSPS) is 26.1. The van der Waals surface area contributed by atoms with Crippen molar-refractivity contribution in [3.63, 3.8) is 0 Å². The first-order valence-electron chi connectivity index (χ1n) is 9.14. The number of ether oxygens (including phenoxy) is 1. The average molecular weight is 330 g/mol. The zero-order valence-corrected chi connectivity index (χ0v) is 15.4. The number of hydrogen-bond donors (Lipinski definition) is 0. The van der Waals surface area contributed by atoms with Gasteiger partial charge >= 0.3 is 6.09 Å². The van der Waals surface area contributed by atoms with E-state index in [1.165, 1.54) is 5.56 Å². The van der Waals surface area contributed by atoms with Crippen LogP contribution in [0.15, 0.2) is 30.3 Å². The van der Waals surface area contributed by atoms with Crippen LogP contribution in [0.1, 0.15) is 52.1 Å². The van der Waals surface area contributed by atoms with Gasteiger partial charge in [-0.2, -0.15) is 0 Å². The van der Waals surface area contributed by atoms with E-state index in [1.54, 1.807) is 0 Å². The third kappa shape index (κ3) is 3.75. The Morgan fingerprint density at radius 1 is 1.17 bits per heavy atom. The van der Waals surface area contributed by atoms with E-state index >= 15 is 0 Å². The number of carbonyl (C=O) groups is 1. The molecule has 2 aliphatic rings. The maximum Gasteiger partial charge on any atom is 0.410 e. The van der Waals surface area contributed by atoms with Crippen molar-refractivity contribution >= 4 is 6.09 Å². The number of carbonyl (C=O) groups excluding carboxylic acids is 1. The number of rotatable bonds is 2. The lowest BCUT2D eigenvalue weighted by Crippen LogP contribution is -2.56. The molecule has 0 saturated carbocycles. The van der Waals surface area contributed by atoms with Crippen LogP contribution in [0, 0.1) is 5.92 Å². The van der Waals surface area contributed by atoms with Crippen molar-refractivity contribution < 1.29 is 9.53 Å². The molecule has 3 unspecified atom stereocenters. The Balaban J connectivity index is 1.59. The molecule has 2 fully saturated rings. The van der Waals surface area contributed by atoms with E-state index < -0.39 is 5.60 Å². The highest BCUT2D eigenvalue weighted by Crippen LogP contribution is 2.39. The standard InChI is InChI=1S/C20H30N2O2/c1-15(16-8-6-5-7-9-16)22-14-17-10-12-21(13-11-18(17)22)19(23)24-20(2,3)4/h5-9,15,17-18H,10-14H2,1-4H3. The second kappa shape index (κ2) is 6.75. The second-order valence-electron chi connectivity index (χ2n) is 8.16. The van der Waals surface area contributed by atoms with Gasteiger partial charge in [0.15, 0.2) is 0 Å². The van der Waals surface area contributed by atoms with Crippen LogP contribution in [-0.4, -0.2) is 47.2 Å². The number of hydrogen-bond acceptors (Lipinski definition) is 3. The largest absolute Gasteiger partial charge is 0.444 e. The van der Waals surface area contributed by atoms with Crippen LogP contribution in [0.3, 0.4) is 0 Å². The van der Waals surface area contributed by atoms with Crippen LogP contribution < -0.4 is 0 Å². The van der Waals surface area contributed by atoms with E-state index in [1.807, 2.05) is 25.7 Å². The summed E-state index contributed by atoms with van der Waals surface area (Å²) < 4.78 is 5.54. The summed E-state index contributed by atoms with van der Waals surface area (Å²) in [5.41, 5.74) is 0.958. The molecule has 2 saturated heterocycles. The van der Waals surface area contributed by atoms with E-state index in [0.717, 1.165) is 32.5 Å². The molecule has 2 heterocycles. The first kappa shape index (κ1) is 17.3. The number of benzene rings is 1. The van der Waals surface area contributed by atoms with Crippen LogP contribution in [0.5, 0.6) is 0 Å². The molecular weight excluding hydrogens is 300 g/mol. The fraction of sp³-hybridized carbons (Fsp3) is 0.650. The fourth-order valence-electron chi connectivity index (χ4n) is 3.94. The van der Waals surface area contributed by atoms with Gasteiger partial charge < -0.3 is 9.64 Å². The van der Waals surface area contributed by atoms with Gasteiger partial charge in [-0.15, -0.1) is 0 Å². The summed E-state index contributed by atoms with van der Waals surface area (Å²) in [6.45, 7) is 10.8. The second-order valence-corrected chi connectivity index (χ2v) is 8.16. The van der Waals surface area contributed by atoms with Crippen molar-refractivity contribution in [3.05, 3.63) is 35.9 Å². The molecule has 0 spiro atoms. The summed E-state index contributed by atoms with van der Waals surface area (Å²) in [6.07, 6.45) is 1.97.